The zero-order chi connectivity index (χ0) is 13.2. The Morgan fingerprint density at radius 3 is 2.78 bits per heavy atom. The molecule has 0 unspecified atom stereocenters. The second-order valence-electron chi connectivity index (χ2n) is 4.08. The molecule has 0 saturated heterocycles. The van der Waals surface area contributed by atoms with Gasteiger partial charge in [-0.1, -0.05) is 12.8 Å². The fourth-order valence-electron chi connectivity index (χ4n) is 1.62. The van der Waals surface area contributed by atoms with E-state index in [9.17, 15) is 10.1 Å². The third kappa shape index (κ3) is 6.07. The van der Waals surface area contributed by atoms with Crippen LogP contribution in [0.3, 0.4) is 0 Å². The predicted octanol–water partition coefficient (Wildman–Crippen LogP) is 3.20. The van der Waals surface area contributed by atoms with Crippen LogP contribution < -0.4 is 5.32 Å². The summed E-state index contributed by atoms with van der Waals surface area (Å²) >= 11 is 1.89. The molecule has 0 amide bonds. The molecule has 0 bridgehead atoms. The van der Waals surface area contributed by atoms with Gasteiger partial charge in [0.2, 0.25) is 0 Å². The quantitative estimate of drug-likeness (QED) is 0.402. The molecular formula is C12H20N2O3S. The average molecular weight is 272 g/mol. The maximum atomic E-state index is 10.4. The lowest BCUT2D eigenvalue weighted by Crippen LogP contribution is -2.14. The minimum atomic E-state index is -0.519. The molecule has 0 aromatic carbocycles. The topological polar surface area (TPSA) is 68.3 Å². The number of hydrogen-bond donors (Lipinski definition) is 1. The summed E-state index contributed by atoms with van der Waals surface area (Å²) in [7, 11) is 0. The molecular weight excluding hydrogens is 252 g/mol. The highest BCUT2D eigenvalue weighted by Gasteiger charge is 2.10. The average Bonchev–Trinajstić information content (AvgIpc) is 2.81. The van der Waals surface area contributed by atoms with Crippen LogP contribution in [0.1, 0.15) is 31.4 Å². The Hall–Kier alpha value is -1.01. The van der Waals surface area contributed by atoms with Gasteiger partial charge in [0.05, 0.1) is 12.6 Å². The first kappa shape index (κ1) is 15.0. The standard InChI is InChI=1S/C12H20N2O3S/c1-18-9-5-3-2-4-8-13-10-11-6-7-12(17-11)14(15)16/h6-7,13H,2-5,8-10H2,1H3. The van der Waals surface area contributed by atoms with E-state index in [-0.39, 0.29) is 5.88 Å². The number of nitrogens with zero attached hydrogens (tertiary/aromatic N) is 1. The van der Waals surface area contributed by atoms with Crippen LogP contribution >= 0.6 is 11.8 Å². The number of nitrogens with one attached hydrogen (secondary N) is 1. The van der Waals surface area contributed by atoms with Crippen LogP contribution in [0, 0.1) is 10.1 Å². The van der Waals surface area contributed by atoms with Crippen molar-refractivity contribution >= 4 is 17.6 Å². The van der Waals surface area contributed by atoms with Crippen LogP contribution in [0.15, 0.2) is 16.5 Å². The fourth-order valence-corrected chi connectivity index (χ4v) is 2.11. The van der Waals surface area contributed by atoms with Gasteiger partial charge in [-0.3, -0.25) is 10.1 Å². The van der Waals surface area contributed by atoms with Crippen molar-refractivity contribution in [3.63, 3.8) is 0 Å². The molecule has 0 saturated carbocycles. The summed E-state index contributed by atoms with van der Waals surface area (Å²) in [6.07, 6.45) is 7.05. The summed E-state index contributed by atoms with van der Waals surface area (Å²) < 4.78 is 5.04. The second kappa shape index (κ2) is 8.99. The highest BCUT2D eigenvalue weighted by atomic mass is 32.2. The molecule has 5 nitrogen and oxygen atoms in total. The molecule has 0 atom stereocenters. The van der Waals surface area contributed by atoms with Crippen molar-refractivity contribution in [1.29, 1.82) is 0 Å². The van der Waals surface area contributed by atoms with Crippen LogP contribution in [0.2, 0.25) is 0 Å². The fraction of sp³-hybridized carbons (Fsp3) is 0.667. The molecule has 18 heavy (non-hydrogen) atoms. The molecule has 1 rings (SSSR count). The van der Waals surface area contributed by atoms with Gasteiger partial charge in [-0.15, -0.1) is 0 Å². The molecule has 102 valence electrons. The van der Waals surface area contributed by atoms with Gasteiger partial charge in [0.15, 0.2) is 0 Å². The molecule has 1 aromatic heterocycles. The first-order valence-corrected chi connectivity index (χ1v) is 7.56. The number of nitro groups is 1. The minimum Gasteiger partial charge on any atom is -0.404 e. The molecule has 1 heterocycles. The van der Waals surface area contributed by atoms with Crippen molar-refractivity contribution in [3.8, 4) is 0 Å². The lowest BCUT2D eigenvalue weighted by molar-refractivity contribution is -0.402. The molecule has 6 heteroatoms. The van der Waals surface area contributed by atoms with Gasteiger partial charge in [0.25, 0.3) is 0 Å². The molecule has 1 aromatic rings. The van der Waals surface area contributed by atoms with E-state index in [0.29, 0.717) is 12.3 Å². The van der Waals surface area contributed by atoms with E-state index in [4.69, 9.17) is 4.42 Å². The second-order valence-corrected chi connectivity index (χ2v) is 5.07. The lowest BCUT2D eigenvalue weighted by atomic mass is 10.2. The van der Waals surface area contributed by atoms with Crippen molar-refractivity contribution in [3.05, 3.63) is 28.0 Å². The molecule has 0 spiro atoms. The minimum absolute atomic E-state index is 0.191. The Kier molecular flexibility index (Phi) is 7.52. The van der Waals surface area contributed by atoms with Crippen molar-refractivity contribution in [1.82, 2.24) is 5.32 Å². The Labute approximate surface area is 111 Å². The zero-order valence-corrected chi connectivity index (χ0v) is 11.5. The number of hydrogen-bond acceptors (Lipinski definition) is 5. The van der Waals surface area contributed by atoms with Gasteiger partial charge in [-0.2, -0.15) is 11.8 Å². The Bertz CT molecular complexity index is 355. The van der Waals surface area contributed by atoms with Crippen LogP contribution in [0.25, 0.3) is 0 Å². The lowest BCUT2D eigenvalue weighted by Gasteiger charge is -2.02. The van der Waals surface area contributed by atoms with Gasteiger partial charge in [0.1, 0.15) is 10.7 Å². The third-order valence-electron chi connectivity index (χ3n) is 2.58. The summed E-state index contributed by atoms with van der Waals surface area (Å²) in [4.78, 5) is 9.89. The predicted molar refractivity (Wildman–Crippen MR) is 73.9 cm³/mol. The zero-order valence-electron chi connectivity index (χ0n) is 10.7. The van der Waals surface area contributed by atoms with E-state index in [1.807, 2.05) is 11.8 Å². The normalized spacial score (nSPS) is 10.7. The van der Waals surface area contributed by atoms with Gasteiger partial charge in [0, 0.05) is 0 Å². The first-order chi connectivity index (χ1) is 8.74. The van der Waals surface area contributed by atoms with Crippen molar-refractivity contribution < 1.29 is 9.34 Å². The third-order valence-corrected chi connectivity index (χ3v) is 3.28. The molecule has 0 aliphatic rings. The van der Waals surface area contributed by atoms with E-state index in [2.05, 4.69) is 11.6 Å². The maximum absolute atomic E-state index is 10.4. The van der Waals surface area contributed by atoms with Crippen molar-refractivity contribution in [2.24, 2.45) is 0 Å². The SMILES string of the molecule is CSCCCCCCNCc1ccc([N+](=O)[O-])o1. The van der Waals surface area contributed by atoms with E-state index in [0.717, 1.165) is 13.0 Å². The number of furan rings is 1. The molecule has 0 aliphatic carbocycles. The summed E-state index contributed by atoms with van der Waals surface area (Å²) in [6.45, 7) is 1.48. The van der Waals surface area contributed by atoms with E-state index < -0.39 is 4.92 Å². The van der Waals surface area contributed by atoms with E-state index in [1.54, 1.807) is 6.07 Å². The van der Waals surface area contributed by atoms with Gasteiger partial charge in [-0.25, -0.2) is 0 Å². The molecule has 0 fully saturated rings. The first-order valence-electron chi connectivity index (χ1n) is 6.17. The smallest absolute Gasteiger partial charge is 0.404 e. The van der Waals surface area contributed by atoms with E-state index >= 15 is 0 Å². The van der Waals surface area contributed by atoms with Gasteiger partial charge < -0.3 is 9.73 Å². The van der Waals surface area contributed by atoms with E-state index in [1.165, 1.54) is 31.1 Å². The highest BCUT2D eigenvalue weighted by molar-refractivity contribution is 7.98. The van der Waals surface area contributed by atoms with Crippen LogP contribution in [-0.4, -0.2) is 23.5 Å². The molecule has 0 radical (unpaired) electrons. The van der Waals surface area contributed by atoms with Gasteiger partial charge >= 0.3 is 5.88 Å². The largest absolute Gasteiger partial charge is 0.433 e. The Balaban J connectivity index is 2.02. The summed E-state index contributed by atoms with van der Waals surface area (Å²) in [5, 5.41) is 13.6. The maximum Gasteiger partial charge on any atom is 0.433 e. The summed E-state index contributed by atoms with van der Waals surface area (Å²) in [6, 6.07) is 3.03. The molecule has 0 aliphatic heterocycles. The van der Waals surface area contributed by atoms with Crippen molar-refractivity contribution in [2.75, 3.05) is 18.6 Å². The number of unbranched alkanes of at least 4 members (excludes halogenated alkanes) is 3. The number of thioether (sulfide) groups is 1. The van der Waals surface area contributed by atoms with Crippen LogP contribution in [-0.2, 0) is 6.54 Å². The van der Waals surface area contributed by atoms with Gasteiger partial charge in [-0.05, 0) is 37.5 Å². The number of rotatable bonds is 10. The highest BCUT2D eigenvalue weighted by Crippen LogP contribution is 2.15. The Morgan fingerprint density at radius 2 is 2.11 bits per heavy atom. The van der Waals surface area contributed by atoms with Crippen molar-refractivity contribution in [2.45, 2.75) is 32.2 Å². The van der Waals surface area contributed by atoms with Crippen LogP contribution in [0.5, 0.6) is 0 Å². The Morgan fingerprint density at radius 1 is 1.33 bits per heavy atom. The van der Waals surface area contributed by atoms with Crippen LogP contribution in [0.4, 0.5) is 5.88 Å². The molecule has 1 N–H and O–H groups in total. The summed E-state index contributed by atoms with van der Waals surface area (Å²) in [5.74, 6) is 1.66. The monoisotopic (exact) mass is 272 g/mol. The summed E-state index contributed by atoms with van der Waals surface area (Å²) in [5.41, 5.74) is 0.